The molecule has 7 nitrogen and oxygen atoms in total. The first-order chi connectivity index (χ1) is 16.2. The van der Waals surface area contributed by atoms with E-state index in [9.17, 15) is 18.4 Å². The summed E-state index contributed by atoms with van der Waals surface area (Å²) in [5, 5.41) is 2.90. The molecular weight excluding hydrogens is 444 g/mol. The third-order valence-electron chi connectivity index (χ3n) is 5.46. The molecule has 0 unspecified atom stereocenters. The summed E-state index contributed by atoms with van der Waals surface area (Å²) < 4.78 is 36.8. The van der Waals surface area contributed by atoms with Crippen LogP contribution in [-0.4, -0.2) is 27.8 Å². The summed E-state index contributed by atoms with van der Waals surface area (Å²) in [6.45, 7) is 0.940. The van der Waals surface area contributed by atoms with Gasteiger partial charge in [0.2, 0.25) is 5.91 Å². The highest BCUT2D eigenvalue weighted by molar-refractivity contribution is 6.00. The molecule has 1 saturated carbocycles. The SMILES string of the molecule is CC(F)(F)Oc1ccccc1Oc1ccc(CNC(=O)C2(CC(=O)c3cncnc3)CC2)cc1. The van der Waals surface area contributed by atoms with Crippen molar-refractivity contribution in [2.24, 2.45) is 5.41 Å². The first-order valence-corrected chi connectivity index (χ1v) is 10.7. The number of hydrogen-bond donors (Lipinski definition) is 1. The Morgan fingerprint density at radius 2 is 1.68 bits per heavy atom. The maximum Gasteiger partial charge on any atom is 0.395 e. The zero-order chi connectivity index (χ0) is 24.2. The highest BCUT2D eigenvalue weighted by Crippen LogP contribution is 2.49. The van der Waals surface area contributed by atoms with Crippen LogP contribution in [0.5, 0.6) is 17.2 Å². The van der Waals surface area contributed by atoms with Crippen LogP contribution in [0.3, 0.4) is 0 Å². The second kappa shape index (κ2) is 9.54. The Kier molecular flexibility index (Phi) is 6.54. The number of amides is 1. The van der Waals surface area contributed by atoms with E-state index in [0.717, 1.165) is 5.56 Å². The number of carbonyl (C=O) groups is 2. The van der Waals surface area contributed by atoms with E-state index < -0.39 is 11.5 Å². The van der Waals surface area contributed by atoms with Gasteiger partial charge < -0.3 is 14.8 Å². The van der Waals surface area contributed by atoms with Gasteiger partial charge in [-0.2, -0.15) is 8.78 Å². The van der Waals surface area contributed by atoms with Gasteiger partial charge in [0.25, 0.3) is 0 Å². The van der Waals surface area contributed by atoms with Crippen molar-refractivity contribution in [3.8, 4) is 17.2 Å². The number of hydrogen-bond acceptors (Lipinski definition) is 6. The molecule has 1 N–H and O–H groups in total. The Labute approximate surface area is 195 Å². The van der Waals surface area contributed by atoms with E-state index in [-0.39, 0.29) is 36.2 Å². The number of para-hydroxylation sites is 2. The van der Waals surface area contributed by atoms with Gasteiger partial charge in [-0.15, -0.1) is 0 Å². The van der Waals surface area contributed by atoms with Crippen molar-refractivity contribution in [1.82, 2.24) is 15.3 Å². The van der Waals surface area contributed by atoms with Crippen LogP contribution in [0.15, 0.2) is 67.3 Å². The first-order valence-electron chi connectivity index (χ1n) is 10.7. The van der Waals surface area contributed by atoms with Gasteiger partial charge in [-0.25, -0.2) is 9.97 Å². The number of alkyl halides is 2. The van der Waals surface area contributed by atoms with Gasteiger partial charge in [0.1, 0.15) is 12.1 Å². The first kappa shape index (κ1) is 23.3. The average molecular weight is 467 g/mol. The lowest BCUT2D eigenvalue weighted by Crippen LogP contribution is -2.33. The van der Waals surface area contributed by atoms with Gasteiger partial charge in [0, 0.05) is 32.3 Å². The normalized spacial score (nSPS) is 14.2. The third kappa shape index (κ3) is 5.92. The molecule has 34 heavy (non-hydrogen) atoms. The summed E-state index contributed by atoms with van der Waals surface area (Å²) in [5.41, 5.74) is 0.539. The van der Waals surface area contributed by atoms with Gasteiger partial charge >= 0.3 is 6.11 Å². The number of halogens is 2. The molecule has 176 valence electrons. The van der Waals surface area contributed by atoms with Crippen molar-refractivity contribution in [1.29, 1.82) is 0 Å². The van der Waals surface area contributed by atoms with Crippen LogP contribution >= 0.6 is 0 Å². The fourth-order valence-electron chi connectivity index (χ4n) is 3.47. The number of carbonyl (C=O) groups excluding carboxylic acids is 2. The quantitative estimate of drug-likeness (QED) is 0.425. The molecule has 1 amide bonds. The Morgan fingerprint density at radius 3 is 2.29 bits per heavy atom. The number of Topliss-reactive ketones (excluding diaryl/α,β-unsaturated/α-hetero) is 1. The number of ether oxygens (including phenoxy) is 2. The van der Waals surface area contributed by atoms with Gasteiger partial charge in [-0.05, 0) is 42.7 Å². The van der Waals surface area contributed by atoms with Crippen molar-refractivity contribution >= 4 is 11.7 Å². The van der Waals surface area contributed by atoms with E-state index in [1.54, 1.807) is 36.4 Å². The largest absolute Gasteiger partial charge is 0.453 e. The van der Waals surface area contributed by atoms with Gasteiger partial charge in [-0.3, -0.25) is 9.59 Å². The number of nitrogens with one attached hydrogen (secondary N) is 1. The molecule has 9 heteroatoms. The highest BCUT2D eigenvalue weighted by atomic mass is 19.3. The third-order valence-corrected chi connectivity index (χ3v) is 5.46. The lowest BCUT2D eigenvalue weighted by atomic mass is 9.95. The summed E-state index contributed by atoms with van der Waals surface area (Å²) in [6, 6.07) is 13.0. The van der Waals surface area contributed by atoms with Crippen molar-refractivity contribution in [2.75, 3.05) is 0 Å². The van der Waals surface area contributed by atoms with E-state index in [1.807, 2.05) is 0 Å². The maximum absolute atomic E-state index is 13.2. The Bertz CT molecular complexity index is 1160. The maximum atomic E-state index is 13.2. The molecule has 0 bridgehead atoms. The van der Waals surface area contributed by atoms with Crippen LogP contribution in [-0.2, 0) is 11.3 Å². The predicted molar refractivity (Wildman–Crippen MR) is 119 cm³/mol. The van der Waals surface area contributed by atoms with Crippen LogP contribution in [0, 0.1) is 5.41 Å². The van der Waals surface area contributed by atoms with Crippen LogP contribution in [0.4, 0.5) is 8.78 Å². The molecule has 0 atom stereocenters. The summed E-state index contributed by atoms with van der Waals surface area (Å²) in [4.78, 5) is 32.9. The van der Waals surface area contributed by atoms with Gasteiger partial charge in [0.05, 0.1) is 11.0 Å². The molecule has 0 saturated heterocycles. The molecule has 0 aliphatic heterocycles. The molecule has 1 aromatic heterocycles. The minimum atomic E-state index is -3.33. The molecule has 3 aromatic rings. The van der Waals surface area contributed by atoms with Crippen molar-refractivity contribution in [3.05, 3.63) is 78.4 Å². The smallest absolute Gasteiger partial charge is 0.395 e. The van der Waals surface area contributed by atoms with Crippen molar-refractivity contribution < 1.29 is 27.8 Å². The lowest BCUT2D eigenvalue weighted by molar-refractivity contribution is -0.159. The Morgan fingerprint density at radius 1 is 1.03 bits per heavy atom. The van der Waals surface area contributed by atoms with Crippen LogP contribution in [0.2, 0.25) is 0 Å². The van der Waals surface area contributed by atoms with E-state index in [1.165, 1.54) is 30.9 Å². The number of aromatic nitrogens is 2. The minimum Gasteiger partial charge on any atom is -0.453 e. The predicted octanol–water partition coefficient (Wildman–Crippen LogP) is 4.93. The molecule has 1 heterocycles. The molecule has 1 aliphatic carbocycles. The second-order valence-corrected chi connectivity index (χ2v) is 8.29. The fourth-order valence-corrected chi connectivity index (χ4v) is 3.47. The van der Waals surface area contributed by atoms with E-state index in [4.69, 9.17) is 4.74 Å². The molecule has 0 spiro atoms. The molecule has 1 aliphatic rings. The van der Waals surface area contributed by atoms with Crippen molar-refractivity contribution in [3.63, 3.8) is 0 Å². The molecule has 4 rings (SSSR count). The van der Waals surface area contributed by atoms with E-state index >= 15 is 0 Å². The fraction of sp³-hybridized carbons (Fsp3) is 0.280. The van der Waals surface area contributed by atoms with E-state index in [2.05, 4.69) is 20.0 Å². The Hall–Kier alpha value is -3.88. The summed E-state index contributed by atoms with van der Waals surface area (Å²) in [6.07, 6.45) is 2.35. The minimum absolute atomic E-state index is 0.0716. The highest BCUT2D eigenvalue weighted by Gasteiger charge is 2.51. The monoisotopic (exact) mass is 467 g/mol. The number of nitrogens with zero attached hydrogens (tertiary/aromatic N) is 2. The summed E-state index contributed by atoms with van der Waals surface area (Å²) in [7, 11) is 0. The topological polar surface area (TPSA) is 90.4 Å². The number of rotatable bonds is 10. The van der Waals surface area contributed by atoms with Gasteiger partial charge in [-0.1, -0.05) is 24.3 Å². The van der Waals surface area contributed by atoms with E-state index in [0.29, 0.717) is 31.1 Å². The summed E-state index contributed by atoms with van der Waals surface area (Å²) in [5.74, 6) is 0.205. The zero-order valence-electron chi connectivity index (χ0n) is 18.5. The van der Waals surface area contributed by atoms with Gasteiger partial charge in [0.15, 0.2) is 17.3 Å². The molecule has 2 aromatic carbocycles. The van der Waals surface area contributed by atoms with Crippen molar-refractivity contribution in [2.45, 2.75) is 38.8 Å². The van der Waals surface area contributed by atoms with Crippen LogP contribution < -0.4 is 14.8 Å². The Balaban J connectivity index is 1.32. The zero-order valence-corrected chi connectivity index (χ0v) is 18.5. The summed E-state index contributed by atoms with van der Waals surface area (Å²) >= 11 is 0. The van der Waals surface area contributed by atoms with Crippen LogP contribution in [0.25, 0.3) is 0 Å². The second-order valence-electron chi connectivity index (χ2n) is 8.29. The number of benzene rings is 2. The lowest BCUT2D eigenvalue weighted by Gasteiger charge is -2.17. The average Bonchev–Trinajstić information content (AvgIpc) is 3.60. The molecular formula is C25H23F2N3O4. The van der Waals surface area contributed by atoms with Crippen LogP contribution in [0.1, 0.15) is 42.1 Å². The standard InChI is InChI=1S/C25H23F2N3O4/c1-24(26,27)34-22-5-3-2-4-21(22)33-19-8-6-17(7-9-19)13-30-23(32)25(10-11-25)12-20(31)18-14-28-16-29-15-18/h2-9,14-16H,10-13H2,1H3,(H,30,32). The molecule has 1 fully saturated rings. The number of ketones is 1. The molecule has 0 radical (unpaired) electrons.